The number of aliphatic hydroxyl groups excluding tert-OH is 1. The molecule has 0 aliphatic rings. The van der Waals surface area contributed by atoms with Gasteiger partial charge in [0, 0.05) is 5.56 Å². The number of sulfonamides is 1. The lowest BCUT2D eigenvalue weighted by atomic mass is 10.2. The molecule has 0 fully saturated rings. The molecular formula is C11H12N4O5S. The van der Waals surface area contributed by atoms with Gasteiger partial charge >= 0.3 is 5.82 Å². The number of nitrogens with two attached hydrogens (primary N) is 1. The molecule has 0 aliphatic heterocycles. The van der Waals surface area contributed by atoms with Gasteiger partial charge in [-0.2, -0.15) is 0 Å². The van der Waals surface area contributed by atoms with Crippen molar-refractivity contribution in [3.8, 4) is 11.4 Å². The third-order valence-electron chi connectivity index (χ3n) is 2.79. The van der Waals surface area contributed by atoms with Crippen LogP contribution in [0.4, 0.5) is 5.82 Å². The van der Waals surface area contributed by atoms with E-state index in [1.807, 2.05) is 0 Å². The maximum absolute atomic E-state index is 11.2. The first-order valence-corrected chi connectivity index (χ1v) is 7.33. The van der Waals surface area contributed by atoms with E-state index in [9.17, 15) is 18.5 Å². The van der Waals surface area contributed by atoms with Crippen molar-refractivity contribution in [2.24, 2.45) is 5.14 Å². The van der Waals surface area contributed by atoms with Crippen LogP contribution in [0, 0.1) is 10.1 Å². The van der Waals surface area contributed by atoms with Crippen LogP contribution in [0.25, 0.3) is 11.4 Å². The van der Waals surface area contributed by atoms with Crippen LogP contribution >= 0.6 is 0 Å². The first-order chi connectivity index (χ1) is 9.84. The predicted octanol–water partition coefficient (Wildman–Crippen LogP) is 0.0980. The monoisotopic (exact) mass is 312 g/mol. The van der Waals surface area contributed by atoms with Crippen molar-refractivity contribution in [1.82, 2.24) is 9.55 Å². The highest BCUT2D eigenvalue weighted by Crippen LogP contribution is 2.24. The van der Waals surface area contributed by atoms with Crippen molar-refractivity contribution in [2.75, 3.05) is 6.61 Å². The molecule has 1 aromatic heterocycles. The molecule has 0 aliphatic carbocycles. The van der Waals surface area contributed by atoms with Crippen molar-refractivity contribution >= 4 is 15.8 Å². The highest BCUT2D eigenvalue weighted by molar-refractivity contribution is 7.89. The molecule has 21 heavy (non-hydrogen) atoms. The molecule has 0 bridgehead atoms. The zero-order valence-corrected chi connectivity index (χ0v) is 11.5. The van der Waals surface area contributed by atoms with Crippen LogP contribution in [0.3, 0.4) is 0 Å². The standard InChI is InChI=1S/C11H12N4O5S/c12-21(19,20)9-3-1-8(2-4-9)11-13-7-10(15(17)18)14(11)5-6-16/h1-4,7,16H,5-6H2,(H2,12,19,20). The van der Waals surface area contributed by atoms with Gasteiger partial charge in [-0.3, -0.25) is 0 Å². The largest absolute Gasteiger partial charge is 0.392 e. The Hall–Kier alpha value is -2.30. The minimum Gasteiger partial charge on any atom is -0.392 e. The summed E-state index contributed by atoms with van der Waals surface area (Å²) in [5.74, 6) is 0.00583. The van der Waals surface area contributed by atoms with Gasteiger partial charge in [0.15, 0.2) is 0 Å². The Labute approximate surface area is 119 Å². The summed E-state index contributed by atoms with van der Waals surface area (Å²) in [5, 5.41) is 24.9. The summed E-state index contributed by atoms with van der Waals surface area (Å²) in [4.78, 5) is 14.2. The first-order valence-electron chi connectivity index (χ1n) is 5.78. The van der Waals surface area contributed by atoms with Gasteiger partial charge in [0.05, 0.1) is 11.5 Å². The van der Waals surface area contributed by atoms with E-state index in [0.717, 1.165) is 6.20 Å². The number of primary sulfonamides is 1. The molecule has 0 unspecified atom stereocenters. The molecule has 9 nitrogen and oxygen atoms in total. The van der Waals surface area contributed by atoms with E-state index in [1.54, 1.807) is 0 Å². The Morgan fingerprint density at radius 3 is 2.43 bits per heavy atom. The minimum absolute atomic E-state index is 0.00257. The second kappa shape index (κ2) is 5.60. The number of nitrogens with zero attached hydrogens (tertiary/aromatic N) is 3. The average molecular weight is 312 g/mol. The molecule has 112 valence electrons. The molecular weight excluding hydrogens is 300 g/mol. The fourth-order valence-electron chi connectivity index (χ4n) is 1.86. The number of rotatable bonds is 5. The maximum Gasteiger partial charge on any atom is 0.343 e. The van der Waals surface area contributed by atoms with Gasteiger partial charge in [0.25, 0.3) is 0 Å². The lowest BCUT2D eigenvalue weighted by Crippen LogP contribution is -2.12. The molecule has 0 atom stereocenters. The Morgan fingerprint density at radius 1 is 1.33 bits per heavy atom. The summed E-state index contributed by atoms with van der Waals surface area (Å²) >= 11 is 0. The normalized spacial score (nSPS) is 11.5. The fraction of sp³-hybridized carbons (Fsp3) is 0.182. The van der Waals surface area contributed by atoms with Crippen LogP contribution in [-0.4, -0.2) is 34.6 Å². The fourth-order valence-corrected chi connectivity index (χ4v) is 2.37. The Bertz CT molecular complexity index is 766. The van der Waals surface area contributed by atoms with E-state index in [0.29, 0.717) is 5.56 Å². The van der Waals surface area contributed by atoms with Gasteiger partial charge in [0.2, 0.25) is 15.8 Å². The molecule has 0 radical (unpaired) electrons. The summed E-state index contributed by atoms with van der Waals surface area (Å²) in [7, 11) is -3.81. The highest BCUT2D eigenvalue weighted by atomic mass is 32.2. The minimum atomic E-state index is -3.81. The van der Waals surface area contributed by atoms with E-state index >= 15 is 0 Å². The second-order valence-electron chi connectivity index (χ2n) is 4.14. The molecule has 3 N–H and O–H groups in total. The summed E-state index contributed by atoms with van der Waals surface area (Å²) in [5.41, 5.74) is 0.476. The Balaban J connectivity index is 2.49. The van der Waals surface area contributed by atoms with Gasteiger partial charge in [0.1, 0.15) is 12.7 Å². The van der Waals surface area contributed by atoms with Crippen LogP contribution in [0.15, 0.2) is 35.4 Å². The van der Waals surface area contributed by atoms with E-state index in [4.69, 9.17) is 10.2 Å². The number of imidazole rings is 1. The number of benzene rings is 1. The van der Waals surface area contributed by atoms with Gasteiger partial charge in [-0.1, -0.05) is 0 Å². The van der Waals surface area contributed by atoms with E-state index in [2.05, 4.69) is 4.98 Å². The Morgan fingerprint density at radius 2 is 1.95 bits per heavy atom. The van der Waals surface area contributed by atoms with Crippen molar-refractivity contribution < 1.29 is 18.4 Å². The molecule has 0 saturated carbocycles. The van der Waals surface area contributed by atoms with Crippen molar-refractivity contribution in [2.45, 2.75) is 11.4 Å². The molecule has 2 aromatic rings. The number of aliphatic hydroxyl groups is 1. The first kappa shape index (κ1) is 15.1. The summed E-state index contributed by atoms with van der Waals surface area (Å²) in [6.07, 6.45) is 1.08. The van der Waals surface area contributed by atoms with Crippen LogP contribution in [0.5, 0.6) is 0 Å². The molecule has 0 saturated heterocycles. The topological polar surface area (TPSA) is 141 Å². The number of hydrogen-bond donors (Lipinski definition) is 2. The summed E-state index contributed by atoms with van der Waals surface area (Å²) in [6, 6.07) is 5.46. The van der Waals surface area contributed by atoms with Crippen molar-refractivity contribution in [3.05, 3.63) is 40.6 Å². The van der Waals surface area contributed by atoms with Gasteiger partial charge in [-0.25, -0.2) is 23.1 Å². The second-order valence-corrected chi connectivity index (χ2v) is 5.70. The zero-order chi connectivity index (χ0) is 15.6. The molecule has 2 rings (SSSR count). The number of hydrogen-bond acceptors (Lipinski definition) is 6. The lowest BCUT2D eigenvalue weighted by molar-refractivity contribution is -0.392. The molecule has 0 spiro atoms. The van der Waals surface area contributed by atoms with Gasteiger partial charge in [-0.05, 0) is 29.2 Å². The maximum atomic E-state index is 11.2. The van der Waals surface area contributed by atoms with Gasteiger partial charge < -0.3 is 15.2 Å². The summed E-state index contributed by atoms with van der Waals surface area (Å²) < 4.78 is 23.6. The SMILES string of the molecule is NS(=O)(=O)c1ccc(-c2ncc([N+](=O)[O-])n2CCO)cc1. The number of aromatic nitrogens is 2. The lowest BCUT2D eigenvalue weighted by Gasteiger charge is -2.04. The van der Waals surface area contributed by atoms with Crippen LogP contribution in [0.1, 0.15) is 0 Å². The van der Waals surface area contributed by atoms with Crippen molar-refractivity contribution in [3.63, 3.8) is 0 Å². The summed E-state index contributed by atoms with van der Waals surface area (Å²) in [6.45, 7) is -0.290. The van der Waals surface area contributed by atoms with Crippen LogP contribution < -0.4 is 5.14 Å². The number of nitro groups is 1. The van der Waals surface area contributed by atoms with Gasteiger partial charge in [-0.15, -0.1) is 0 Å². The highest BCUT2D eigenvalue weighted by Gasteiger charge is 2.21. The van der Waals surface area contributed by atoms with Crippen molar-refractivity contribution in [1.29, 1.82) is 0 Å². The Kier molecular flexibility index (Phi) is 4.02. The smallest absolute Gasteiger partial charge is 0.343 e. The van der Waals surface area contributed by atoms with E-state index in [-0.39, 0.29) is 29.7 Å². The van der Waals surface area contributed by atoms with Crippen LogP contribution in [0.2, 0.25) is 0 Å². The molecule has 1 heterocycles. The van der Waals surface area contributed by atoms with E-state index < -0.39 is 14.9 Å². The molecule has 1 aromatic carbocycles. The predicted molar refractivity (Wildman–Crippen MR) is 72.8 cm³/mol. The molecule has 0 amide bonds. The third kappa shape index (κ3) is 3.07. The average Bonchev–Trinajstić information content (AvgIpc) is 2.82. The molecule has 10 heteroatoms. The third-order valence-corrected chi connectivity index (χ3v) is 3.72. The van der Waals surface area contributed by atoms with Crippen LogP contribution in [-0.2, 0) is 16.6 Å². The quantitative estimate of drug-likeness (QED) is 0.592. The zero-order valence-electron chi connectivity index (χ0n) is 10.7. The van der Waals surface area contributed by atoms with E-state index in [1.165, 1.54) is 28.8 Å².